The average Bonchev–Trinajstić information content (AvgIpc) is 2.88. The number of aromatic nitrogens is 1. The predicted octanol–water partition coefficient (Wildman–Crippen LogP) is 3.60. The first-order valence-corrected chi connectivity index (χ1v) is 7.17. The monoisotopic (exact) mass is 298 g/mol. The summed E-state index contributed by atoms with van der Waals surface area (Å²) in [6.07, 6.45) is 2.84. The molecule has 3 nitrogen and oxygen atoms in total. The lowest BCUT2D eigenvalue weighted by atomic mass is 10.2. The topological polar surface area (TPSA) is 34.2 Å². The van der Waals surface area contributed by atoms with Crippen LogP contribution in [0.15, 0.2) is 30.5 Å². The van der Waals surface area contributed by atoms with Crippen molar-refractivity contribution in [2.75, 3.05) is 0 Å². The van der Waals surface area contributed by atoms with Crippen molar-refractivity contribution in [3.63, 3.8) is 0 Å². The second-order valence-corrected chi connectivity index (χ2v) is 5.40. The Morgan fingerprint density at radius 2 is 2.00 bits per heavy atom. The van der Waals surface area contributed by atoms with Crippen LogP contribution in [0.2, 0.25) is 0 Å². The normalized spacial score (nSPS) is 11.0. The van der Waals surface area contributed by atoms with Crippen LogP contribution in [0.25, 0.3) is 0 Å². The number of nitrogens with zero attached hydrogens (tertiary/aromatic N) is 1. The van der Waals surface area contributed by atoms with Crippen molar-refractivity contribution < 1.29 is 13.5 Å². The molecule has 0 amide bonds. The third-order valence-electron chi connectivity index (χ3n) is 2.68. The van der Waals surface area contributed by atoms with E-state index >= 15 is 0 Å². The fourth-order valence-electron chi connectivity index (χ4n) is 1.71. The standard InChI is InChI=1S/C14H16F2N2OS/c1-2-13-18-9-12(20-13)8-17-7-10-3-5-11(6-4-10)19-14(15)16/h3-6,9,14,17H,2,7-8H2,1H3. The molecule has 0 spiro atoms. The maximum absolute atomic E-state index is 12.0. The number of hydrogen-bond acceptors (Lipinski definition) is 4. The molecule has 20 heavy (non-hydrogen) atoms. The van der Waals surface area contributed by atoms with E-state index in [4.69, 9.17) is 0 Å². The first-order chi connectivity index (χ1) is 9.67. The van der Waals surface area contributed by atoms with Crippen LogP contribution in [-0.2, 0) is 19.5 Å². The Morgan fingerprint density at radius 3 is 2.60 bits per heavy atom. The lowest BCUT2D eigenvalue weighted by Crippen LogP contribution is -2.11. The van der Waals surface area contributed by atoms with Gasteiger partial charge in [0, 0.05) is 24.2 Å². The van der Waals surface area contributed by atoms with Gasteiger partial charge in [0.05, 0.1) is 5.01 Å². The van der Waals surface area contributed by atoms with Gasteiger partial charge in [0.15, 0.2) is 0 Å². The first-order valence-electron chi connectivity index (χ1n) is 6.35. The fraction of sp³-hybridized carbons (Fsp3) is 0.357. The number of thiazole rings is 1. The molecule has 2 rings (SSSR count). The van der Waals surface area contributed by atoms with Crippen LogP contribution in [-0.4, -0.2) is 11.6 Å². The summed E-state index contributed by atoms with van der Waals surface area (Å²) in [5.41, 5.74) is 1.02. The van der Waals surface area contributed by atoms with Gasteiger partial charge >= 0.3 is 6.61 Å². The second-order valence-electron chi connectivity index (χ2n) is 4.20. The Hall–Kier alpha value is -1.53. The lowest BCUT2D eigenvalue weighted by Gasteiger charge is -2.06. The molecule has 0 saturated carbocycles. The van der Waals surface area contributed by atoms with Gasteiger partial charge in [-0.3, -0.25) is 0 Å². The van der Waals surface area contributed by atoms with Crippen molar-refractivity contribution in [1.82, 2.24) is 10.3 Å². The third-order valence-corrected chi connectivity index (χ3v) is 3.82. The molecule has 1 aromatic heterocycles. The molecular weight excluding hydrogens is 282 g/mol. The van der Waals surface area contributed by atoms with Crippen LogP contribution in [0.3, 0.4) is 0 Å². The van der Waals surface area contributed by atoms with Gasteiger partial charge in [-0.25, -0.2) is 4.98 Å². The van der Waals surface area contributed by atoms with Crippen molar-refractivity contribution in [2.24, 2.45) is 0 Å². The summed E-state index contributed by atoms with van der Waals surface area (Å²) in [6.45, 7) is 0.735. The van der Waals surface area contributed by atoms with Crippen molar-refractivity contribution in [2.45, 2.75) is 33.0 Å². The van der Waals surface area contributed by atoms with Gasteiger partial charge < -0.3 is 10.1 Å². The number of nitrogens with one attached hydrogen (secondary N) is 1. The van der Waals surface area contributed by atoms with E-state index in [1.165, 1.54) is 4.88 Å². The molecule has 0 atom stereocenters. The number of aryl methyl sites for hydroxylation is 1. The van der Waals surface area contributed by atoms with Crippen molar-refractivity contribution in [1.29, 1.82) is 0 Å². The zero-order valence-electron chi connectivity index (χ0n) is 11.1. The van der Waals surface area contributed by atoms with Crippen LogP contribution >= 0.6 is 11.3 Å². The zero-order chi connectivity index (χ0) is 14.4. The molecule has 0 aliphatic heterocycles. The number of ether oxygens (including phenoxy) is 1. The molecule has 6 heteroatoms. The van der Waals surface area contributed by atoms with E-state index < -0.39 is 6.61 Å². The molecule has 0 radical (unpaired) electrons. The molecular formula is C14H16F2N2OS. The van der Waals surface area contributed by atoms with E-state index in [9.17, 15) is 8.78 Å². The highest BCUT2D eigenvalue weighted by Gasteiger charge is 2.04. The minimum Gasteiger partial charge on any atom is -0.435 e. The average molecular weight is 298 g/mol. The minimum atomic E-state index is -2.78. The van der Waals surface area contributed by atoms with Crippen LogP contribution in [0.5, 0.6) is 5.75 Å². The molecule has 0 aliphatic carbocycles. The Morgan fingerprint density at radius 1 is 1.25 bits per heavy atom. The molecule has 1 aromatic carbocycles. The van der Waals surface area contributed by atoms with Crippen LogP contribution in [0, 0.1) is 0 Å². The highest BCUT2D eigenvalue weighted by Crippen LogP contribution is 2.16. The summed E-state index contributed by atoms with van der Waals surface area (Å²) in [4.78, 5) is 5.48. The van der Waals surface area contributed by atoms with Crippen LogP contribution in [0.1, 0.15) is 22.4 Å². The fourth-order valence-corrected chi connectivity index (χ4v) is 2.54. The van der Waals surface area contributed by atoms with Gasteiger partial charge in [0.2, 0.25) is 0 Å². The molecule has 1 N–H and O–H groups in total. The molecule has 0 unspecified atom stereocenters. The maximum atomic E-state index is 12.0. The lowest BCUT2D eigenvalue weighted by molar-refractivity contribution is -0.0498. The van der Waals surface area contributed by atoms with Gasteiger partial charge in [-0.15, -0.1) is 11.3 Å². The summed E-state index contributed by atoms with van der Waals surface area (Å²) in [5.74, 6) is 0.179. The minimum absolute atomic E-state index is 0.179. The molecule has 2 aromatic rings. The van der Waals surface area contributed by atoms with Crippen molar-refractivity contribution >= 4 is 11.3 Å². The zero-order valence-corrected chi connectivity index (χ0v) is 11.9. The first kappa shape index (κ1) is 14.9. The Bertz CT molecular complexity index is 528. The molecule has 0 fully saturated rings. The van der Waals surface area contributed by atoms with E-state index in [0.29, 0.717) is 6.54 Å². The SMILES string of the molecule is CCc1ncc(CNCc2ccc(OC(F)F)cc2)s1. The highest BCUT2D eigenvalue weighted by molar-refractivity contribution is 7.11. The Balaban J connectivity index is 1.79. The number of rotatable bonds is 7. The summed E-state index contributed by atoms with van der Waals surface area (Å²) in [6, 6.07) is 6.64. The third kappa shape index (κ3) is 4.54. The Labute approximate surface area is 120 Å². The maximum Gasteiger partial charge on any atom is 0.387 e. The van der Waals surface area contributed by atoms with E-state index in [1.807, 2.05) is 6.20 Å². The molecule has 0 bridgehead atoms. The highest BCUT2D eigenvalue weighted by atomic mass is 32.1. The summed E-state index contributed by atoms with van der Waals surface area (Å²) in [5, 5.41) is 4.43. The predicted molar refractivity (Wildman–Crippen MR) is 75.1 cm³/mol. The largest absolute Gasteiger partial charge is 0.435 e. The molecule has 108 valence electrons. The summed E-state index contributed by atoms with van der Waals surface area (Å²) in [7, 11) is 0. The molecule has 0 aliphatic rings. The van der Waals surface area contributed by atoms with E-state index in [0.717, 1.165) is 23.5 Å². The summed E-state index contributed by atoms with van der Waals surface area (Å²) < 4.78 is 28.3. The number of halogens is 2. The van der Waals surface area contributed by atoms with E-state index in [-0.39, 0.29) is 5.75 Å². The van der Waals surface area contributed by atoms with E-state index in [1.54, 1.807) is 35.6 Å². The van der Waals surface area contributed by atoms with Crippen molar-refractivity contribution in [3.8, 4) is 5.75 Å². The molecule has 0 saturated heterocycles. The van der Waals surface area contributed by atoms with Gasteiger partial charge in [-0.1, -0.05) is 19.1 Å². The number of alkyl halides is 2. The van der Waals surface area contributed by atoms with Crippen LogP contribution in [0.4, 0.5) is 8.78 Å². The van der Waals surface area contributed by atoms with Crippen LogP contribution < -0.4 is 10.1 Å². The van der Waals surface area contributed by atoms with Gasteiger partial charge in [0.1, 0.15) is 5.75 Å². The van der Waals surface area contributed by atoms with Gasteiger partial charge in [-0.2, -0.15) is 8.78 Å². The second kappa shape index (κ2) is 7.31. The number of hydrogen-bond donors (Lipinski definition) is 1. The smallest absolute Gasteiger partial charge is 0.387 e. The summed E-state index contributed by atoms with van der Waals surface area (Å²) >= 11 is 1.70. The van der Waals surface area contributed by atoms with E-state index in [2.05, 4.69) is 22.0 Å². The van der Waals surface area contributed by atoms with Gasteiger partial charge in [-0.05, 0) is 24.1 Å². The Kier molecular flexibility index (Phi) is 5.43. The number of benzene rings is 1. The van der Waals surface area contributed by atoms with Crippen molar-refractivity contribution in [3.05, 3.63) is 45.9 Å². The quantitative estimate of drug-likeness (QED) is 0.848. The van der Waals surface area contributed by atoms with Gasteiger partial charge in [0.25, 0.3) is 0 Å². The molecule has 1 heterocycles.